The molecule has 0 unspecified atom stereocenters. The zero-order chi connectivity index (χ0) is 13.7. The first-order chi connectivity index (χ1) is 8.45. The monoisotopic (exact) mass is 272 g/mol. The minimum Gasteiger partial charge on any atom is -0.313 e. The standard InChI is InChI=1S/C13H25ClN4/c1-6-18(8-7-15-10(2)3)9-12-13(14)11(4)16-17(12)5/h10,15H,6-9H2,1-5H3. The summed E-state index contributed by atoms with van der Waals surface area (Å²) in [4.78, 5) is 2.37. The zero-order valence-corrected chi connectivity index (χ0v) is 12.9. The van der Waals surface area contributed by atoms with Crippen molar-refractivity contribution in [3.8, 4) is 0 Å². The van der Waals surface area contributed by atoms with Crippen molar-refractivity contribution >= 4 is 11.6 Å². The van der Waals surface area contributed by atoms with Gasteiger partial charge in [0.2, 0.25) is 0 Å². The van der Waals surface area contributed by atoms with Gasteiger partial charge >= 0.3 is 0 Å². The van der Waals surface area contributed by atoms with Crippen molar-refractivity contribution in [3.63, 3.8) is 0 Å². The van der Waals surface area contributed by atoms with Gasteiger partial charge in [-0.3, -0.25) is 9.58 Å². The van der Waals surface area contributed by atoms with Gasteiger partial charge in [0.25, 0.3) is 0 Å². The molecule has 4 nitrogen and oxygen atoms in total. The van der Waals surface area contributed by atoms with Crippen molar-refractivity contribution in [1.82, 2.24) is 20.0 Å². The van der Waals surface area contributed by atoms with Crippen LogP contribution < -0.4 is 5.32 Å². The van der Waals surface area contributed by atoms with E-state index in [0.717, 1.165) is 42.6 Å². The lowest BCUT2D eigenvalue weighted by Gasteiger charge is -2.21. The van der Waals surface area contributed by atoms with Gasteiger partial charge in [-0.05, 0) is 13.5 Å². The van der Waals surface area contributed by atoms with Crippen molar-refractivity contribution < 1.29 is 0 Å². The second-order valence-corrected chi connectivity index (χ2v) is 5.33. The smallest absolute Gasteiger partial charge is 0.0860 e. The molecule has 0 aliphatic carbocycles. The van der Waals surface area contributed by atoms with Gasteiger partial charge < -0.3 is 5.32 Å². The van der Waals surface area contributed by atoms with E-state index in [-0.39, 0.29) is 0 Å². The lowest BCUT2D eigenvalue weighted by atomic mass is 10.3. The molecule has 1 aromatic heterocycles. The Morgan fingerprint density at radius 2 is 2.11 bits per heavy atom. The van der Waals surface area contributed by atoms with E-state index in [1.807, 2.05) is 18.7 Å². The highest BCUT2D eigenvalue weighted by Gasteiger charge is 2.14. The van der Waals surface area contributed by atoms with Gasteiger partial charge in [-0.2, -0.15) is 5.10 Å². The molecule has 0 radical (unpaired) electrons. The summed E-state index contributed by atoms with van der Waals surface area (Å²) in [5.41, 5.74) is 2.01. The van der Waals surface area contributed by atoms with E-state index in [1.165, 1.54) is 0 Å². The SMILES string of the molecule is CCN(CCNC(C)C)Cc1c(Cl)c(C)nn1C. The average molecular weight is 273 g/mol. The Hall–Kier alpha value is -0.580. The largest absolute Gasteiger partial charge is 0.313 e. The van der Waals surface area contributed by atoms with E-state index in [0.29, 0.717) is 6.04 Å². The summed E-state index contributed by atoms with van der Waals surface area (Å²) in [5, 5.41) is 8.58. The molecule has 0 saturated heterocycles. The minimum absolute atomic E-state index is 0.534. The fraction of sp³-hybridized carbons (Fsp3) is 0.769. The van der Waals surface area contributed by atoms with Gasteiger partial charge in [0.1, 0.15) is 0 Å². The highest BCUT2D eigenvalue weighted by Crippen LogP contribution is 2.20. The van der Waals surface area contributed by atoms with Crippen molar-refractivity contribution in [1.29, 1.82) is 0 Å². The van der Waals surface area contributed by atoms with Gasteiger partial charge in [-0.25, -0.2) is 0 Å². The number of rotatable bonds is 7. The molecule has 0 saturated carbocycles. The quantitative estimate of drug-likeness (QED) is 0.826. The third-order valence-corrected chi connectivity index (χ3v) is 3.55. The Bertz CT molecular complexity index is 373. The molecule has 5 heteroatoms. The van der Waals surface area contributed by atoms with Crippen LogP contribution in [0.25, 0.3) is 0 Å². The number of nitrogens with zero attached hydrogens (tertiary/aromatic N) is 3. The van der Waals surface area contributed by atoms with Gasteiger partial charge in [0, 0.05) is 32.7 Å². The van der Waals surface area contributed by atoms with Crippen LogP contribution in [0.15, 0.2) is 0 Å². The molecule has 0 aliphatic rings. The molecular formula is C13H25ClN4. The zero-order valence-electron chi connectivity index (χ0n) is 12.1. The maximum atomic E-state index is 6.27. The predicted molar refractivity (Wildman–Crippen MR) is 77.0 cm³/mol. The first kappa shape index (κ1) is 15.5. The maximum absolute atomic E-state index is 6.27. The lowest BCUT2D eigenvalue weighted by Crippen LogP contribution is -2.35. The van der Waals surface area contributed by atoms with Crippen molar-refractivity contribution in [2.75, 3.05) is 19.6 Å². The van der Waals surface area contributed by atoms with E-state index >= 15 is 0 Å². The normalized spacial score (nSPS) is 11.8. The number of nitrogens with one attached hydrogen (secondary N) is 1. The molecule has 1 rings (SSSR count). The molecule has 0 aliphatic heterocycles. The van der Waals surface area contributed by atoms with Crippen LogP contribution >= 0.6 is 11.6 Å². The van der Waals surface area contributed by atoms with E-state index in [9.17, 15) is 0 Å². The molecule has 0 aromatic carbocycles. The Balaban J connectivity index is 2.57. The third-order valence-electron chi connectivity index (χ3n) is 3.06. The van der Waals surface area contributed by atoms with Crippen LogP contribution in [0.4, 0.5) is 0 Å². The van der Waals surface area contributed by atoms with Gasteiger partial charge in [-0.1, -0.05) is 32.4 Å². The fourth-order valence-electron chi connectivity index (χ4n) is 1.92. The third kappa shape index (κ3) is 4.26. The molecule has 0 amide bonds. The second-order valence-electron chi connectivity index (χ2n) is 4.95. The Labute approximate surface area is 115 Å². The summed E-state index contributed by atoms with van der Waals surface area (Å²) >= 11 is 6.27. The summed E-state index contributed by atoms with van der Waals surface area (Å²) in [6.07, 6.45) is 0. The predicted octanol–water partition coefficient (Wildman–Crippen LogP) is 2.20. The lowest BCUT2D eigenvalue weighted by molar-refractivity contribution is 0.269. The van der Waals surface area contributed by atoms with Crippen LogP contribution in [0.5, 0.6) is 0 Å². The van der Waals surface area contributed by atoms with Crippen LogP contribution in [0.3, 0.4) is 0 Å². The number of hydrogen-bond acceptors (Lipinski definition) is 3. The molecule has 1 N–H and O–H groups in total. The average Bonchev–Trinajstić information content (AvgIpc) is 2.53. The molecular weight excluding hydrogens is 248 g/mol. The van der Waals surface area contributed by atoms with Gasteiger partial charge in [-0.15, -0.1) is 0 Å². The first-order valence-corrected chi connectivity index (χ1v) is 6.97. The number of hydrogen-bond donors (Lipinski definition) is 1. The summed E-state index contributed by atoms with van der Waals surface area (Å²) in [7, 11) is 1.95. The summed E-state index contributed by atoms with van der Waals surface area (Å²) in [6.45, 7) is 12.3. The van der Waals surface area contributed by atoms with Crippen molar-refractivity contribution in [2.24, 2.45) is 7.05 Å². The fourth-order valence-corrected chi connectivity index (χ4v) is 2.14. The molecule has 0 fully saturated rings. The van der Waals surface area contributed by atoms with Crippen LogP contribution in [0.1, 0.15) is 32.2 Å². The Kier molecular flexibility index (Phi) is 6.12. The topological polar surface area (TPSA) is 33.1 Å². The maximum Gasteiger partial charge on any atom is 0.0860 e. The van der Waals surface area contributed by atoms with Crippen molar-refractivity contribution in [3.05, 3.63) is 16.4 Å². The number of aryl methyl sites for hydroxylation is 2. The van der Waals surface area contributed by atoms with Crippen molar-refractivity contribution in [2.45, 2.75) is 40.3 Å². The molecule has 0 atom stereocenters. The van der Waals surface area contributed by atoms with Crippen LogP contribution in [0.2, 0.25) is 5.02 Å². The summed E-state index contributed by atoms with van der Waals surface area (Å²) in [6, 6.07) is 0.534. The Morgan fingerprint density at radius 1 is 1.44 bits per heavy atom. The minimum atomic E-state index is 0.534. The highest BCUT2D eigenvalue weighted by molar-refractivity contribution is 6.31. The van der Waals surface area contributed by atoms with E-state index in [2.05, 4.69) is 36.1 Å². The van der Waals surface area contributed by atoms with Crippen LogP contribution in [-0.2, 0) is 13.6 Å². The molecule has 18 heavy (non-hydrogen) atoms. The van der Waals surface area contributed by atoms with Gasteiger partial charge in [0.15, 0.2) is 0 Å². The molecule has 0 bridgehead atoms. The first-order valence-electron chi connectivity index (χ1n) is 6.59. The molecule has 1 aromatic rings. The van der Waals surface area contributed by atoms with E-state index < -0.39 is 0 Å². The second kappa shape index (κ2) is 7.12. The number of aromatic nitrogens is 2. The number of halogens is 1. The van der Waals surface area contributed by atoms with Crippen LogP contribution in [0, 0.1) is 6.92 Å². The molecule has 0 spiro atoms. The molecule has 104 valence electrons. The van der Waals surface area contributed by atoms with E-state index in [4.69, 9.17) is 11.6 Å². The van der Waals surface area contributed by atoms with Crippen LogP contribution in [-0.4, -0.2) is 40.4 Å². The summed E-state index contributed by atoms with van der Waals surface area (Å²) in [5.74, 6) is 0. The van der Waals surface area contributed by atoms with E-state index in [1.54, 1.807) is 0 Å². The summed E-state index contributed by atoms with van der Waals surface area (Å²) < 4.78 is 1.89. The van der Waals surface area contributed by atoms with Gasteiger partial charge in [0.05, 0.1) is 16.4 Å². The molecule has 1 heterocycles. The Morgan fingerprint density at radius 3 is 2.56 bits per heavy atom. The highest BCUT2D eigenvalue weighted by atomic mass is 35.5. The number of likely N-dealkylation sites (N-methyl/N-ethyl adjacent to an activating group) is 1.